The lowest BCUT2D eigenvalue weighted by Gasteiger charge is -2.20. The van der Waals surface area contributed by atoms with Crippen LogP contribution in [0.1, 0.15) is 13.3 Å². The summed E-state index contributed by atoms with van der Waals surface area (Å²) >= 11 is 2.13. The zero-order chi connectivity index (χ0) is 12.9. The normalized spacial score (nSPS) is 12.0. The van der Waals surface area contributed by atoms with Crippen LogP contribution in [-0.4, -0.2) is 37.5 Å². The summed E-state index contributed by atoms with van der Waals surface area (Å²) in [7, 11) is -3.42. The van der Waals surface area contributed by atoms with Crippen LogP contribution in [0, 0.1) is 3.57 Å². The van der Waals surface area contributed by atoms with E-state index < -0.39 is 10.0 Å². The van der Waals surface area contributed by atoms with E-state index in [0.29, 0.717) is 24.4 Å². The molecule has 1 aromatic carbocycles. The van der Waals surface area contributed by atoms with E-state index in [4.69, 9.17) is 5.11 Å². The first-order chi connectivity index (χ1) is 8.02. The third-order valence-electron chi connectivity index (χ3n) is 2.37. The van der Waals surface area contributed by atoms with Crippen molar-refractivity contribution in [2.75, 3.05) is 19.7 Å². The number of rotatable bonds is 6. The van der Waals surface area contributed by atoms with Gasteiger partial charge >= 0.3 is 0 Å². The maximum absolute atomic E-state index is 12.2. The van der Waals surface area contributed by atoms with Crippen LogP contribution in [0.2, 0.25) is 0 Å². The molecule has 0 fully saturated rings. The minimum absolute atomic E-state index is 0.00128. The number of halogens is 1. The largest absolute Gasteiger partial charge is 0.396 e. The molecule has 0 aliphatic rings. The SMILES string of the molecule is CCN(CCCO)S(=O)(=O)c1ccc(I)cc1. The Morgan fingerprint density at radius 2 is 1.88 bits per heavy atom. The molecule has 1 N–H and O–H groups in total. The molecule has 0 unspecified atom stereocenters. The highest BCUT2D eigenvalue weighted by Gasteiger charge is 2.22. The van der Waals surface area contributed by atoms with Crippen LogP contribution < -0.4 is 0 Å². The average molecular weight is 369 g/mol. The molecule has 1 rings (SSSR count). The zero-order valence-electron chi connectivity index (χ0n) is 9.63. The van der Waals surface area contributed by atoms with Gasteiger partial charge in [-0.2, -0.15) is 4.31 Å². The first-order valence-electron chi connectivity index (χ1n) is 5.39. The van der Waals surface area contributed by atoms with Crippen LogP contribution in [0.25, 0.3) is 0 Å². The molecule has 0 aromatic heterocycles. The Morgan fingerprint density at radius 1 is 1.29 bits per heavy atom. The predicted octanol–water partition coefficient (Wildman–Crippen LogP) is 1.68. The maximum Gasteiger partial charge on any atom is 0.243 e. The molecule has 0 aliphatic carbocycles. The zero-order valence-corrected chi connectivity index (χ0v) is 12.6. The van der Waals surface area contributed by atoms with Gasteiger partial charge in [-0.05, 0) is 53.3 Å². The number of aliphatic hydroxyl groups excluding tert-OH is 1. The van der Waals surface area contributed by atoms with Crippen LogP contribution in [0.4, 0.5) is 0 Å². The fraction of sp³-hybridized carbons (Fsp3) is 0.455. The molecule has 6 heteroatoms. The van der Waals surface area contributed by atoms with Crippen molar-refractivity contribution >= 4 is 32.6 Å². The van der Waals surface area contributed by atoms with Crippen molar-refractivity contribution in [2.45, 2.75) is 18.2 Å². The Bertz CT molecular complexity index is 444. The Morgan fingerprint density at radius 3 is 2.35 bits per heavy atom. The Hall–Kier alpha value is -0.180. The van der Waals surface area contributed by atoms with Crippen molar-refractivity contribution in [3.05, 3.63) is 27.8 Å². The van der Waals surface area contributed by atoms with Gasteiger partial charge in [0.15, 0.2) is 0 Å². The van der Waals surface area contributed by atoms with Gasteiger partial charge in [0.25, 0.3) is 0 Å². The average Bonchev–Trinajstić information content (AvgIpc) is 2.30. The highest BCUT2D eigenvalue weighted by Crippen LogP contribution is 2.17. The molecular formula is C11H16INO3S. The highest BCUT2D eigenvalue weighted by atomic mass is 127. The topological polar surface area (TPSA) is 57.6 Å². The van der Waals surface area contributed by atoms with Gasteiger partial charge in [-0.1, -0.05) is 6.92 Å². The number of aliphatic hydroxyl groups is 1. The Balaban J connectivity index is 2.95. The Labute approximate surface area is 116 Å². The van der Waals surface area contributed by atoms with Gasteiger partial charge in [0.2, 0.25) is 10.0 Å². The van der Waals surface area contributed by atoms with Crippen molar-refractivity contribution in [2.24, 2.45) is 0 Å². The molecule has 0 bridgehead atoms. The quantitative estimate of drug-likeness (QED) is 0.777. The predicted molar refractivity (Wildman–Crippen MR) is 75.3 cm³/mol. The second-order valence-corrected chi connectivity index (χ2v) is 6.71. The van der Waals surface area contributed by atoms with Crippen LogP contribution in [-0.2, 0) is 10.0 Å². The van der Waals surface area contributed by atoms with Gasteiger partial charge in [-0.3, -0.25) is 0 Å². The van der Waals surface area contributed by atoms with E-state index in [1.54, 1.807) is 31.2 Å². The van der Waals surface area contributed by atoms with E-state index in [2.05, 4.69) is 22.6 Å². The molecule has 0 spiro atoms. The molecule has 0 radical (unpaired) electrons. The van der Waals surface area contributed by atoms with Gasteiger partial charge in [0, 0.05) is 23.3 Å². The molecule has 0 saturated carbocycles. The third-order valence-corrected chi connectivity index (χ3v) is 5.08. The summed E-state index contributed by atoms with van der Waals surface area (Å²) in [5, 5.41) is 8.76. The van der Waals surface area contributed by atoms with Crippen LogP contribution in [0.3, 0.4) is 0 Å². The van der Waals surface area contributed by atoms with Gasteiger partial charge in [0.1, 0.15) is 0 Å². The summed E-state index contributed by atoms with van der Waals surface area (Å²) in [6, 6.07) is 6.76. The number of sulfonamides is 1. The van der Waals surface area contributed by atoms with E-state index in [0.717, 1.165) is 3.57 Å². The molecule has 17 heavy (non-hydrogen) atoms. The maximum atomic E-state index is 12.2. The van der Waals surface area contributed by atoms with Crippen LogP contribution in [0.15, 0.2) is 29.2 Å². The lowest BCUT2D eigenvalue weighted by Crippen LogP contribution is -2.32. The fourth-order valence-electron chi connectivity index (χ4n) is 1.45. The first-order valence-corrected chi connectivity index (χ1v) is 7.90. The van der Waals surface area contributed by atoms with Crippen LogP contribution >= 0.6 is 22.6 Å². The summed E-state index contributed by atoms with van der Waals surface area (Å²) in [5.74, 6) is 0. The molecule has 0 amide bonds. The van der Waals surface area contributed by atoms with Crippen molar-refractivity contribution in [1.29, 1.82) is 0 Å². The summed E-state index contributed by atoms with van der Waals surface area (Å²) in [6.45, 7) is 2.55. The molecule has 1 aromatic rings. The van der Waals surface area contributed by atoms with E-state index >= 15 is 0 Å². The summed E-state index contributed by atoms with van der Waals surface area (Å²) < 4.78 is 26.8. The summed E-state index contributed by atoms with van der Waals surface area (Å²) in [4.78, 5) is 0.303. The number of hydrogen-bond donors (Lipinski definition) is 1. The second-order valence-electron chi connectivity index (χ2n) is 3.53. The Kier molecular flexibility index (Phi) is 5.84. The highest BCUT2D eigenvalue weighted by molar-refractivity contribution is 14.1. The monoisotopic (exact) mass is 369 g/mol. The number of benzene rings is 1. The summed E-state index contributed by atoms with van der Waals surface area (Å²) in [5.41, 5.74) is 0. The van der Waals surface area contributed by atoms with E-state index in [9.17, 15) is 8.42 Å². The van der Waals surface area contributed by atoms with Crippen molar-refractivity contribution < 1.29 is 13.5 Å². The van der Waals surface area contributed by atoms with Crippen molar-refractivity contribution in [3.63, 3.8) is 0 Å². The van der Waals surface area contributed by atoms with E-state index in [-0.39, 0.29) is 6.61 Å². The smallest absolute Gasteiger partial charge is 0.243 e. The molecule has 0 heterocycles. The van der Waals surface area contributed by atoms with Gasteiger partial charge in [0.05, 0.1) is 4.90 Å². The lowest BCUT2D eigenvalue weighted by atomic mass is 10.4. The third kappa shape index (κ3) is 3.90. The summed E-state index contributed by atoms with van der Waals surface area (Å²) in [6.07, 6.45) is 0.456. The second kappa shape index (κ2) is 6.67. The van der Waals surface area contributed by atoms with E-state index in [1.165, 1.54) is 4.31 Å². The molecular weight excluding hydrogens is 353 g/mol. The minimum Gasteiger partial charge on any atom is -0.396 e. The number of nitrogens with zero attached hydrogens (tertiary/aromatic N) is 1. The molecule has 4 nitrogen and oxygen atoms in total. The van der Waals surface area contributed by atoms with Gasteiger partial charge in [-0.25, -0.2) is 8.42 Å². The first kappa shape index (κ1) is 14.9. The lowest BCUT2D eigenvalue weighted by molar-refractivity contribution is 0.271. The minimum atomic E-state index is -3.42. The van der Waals surface area contributed by atoms with Crippen molar-refractivity contribution in [1.82, 2.24) is 4.31 Å². The van der Waals surface area contributed by atoms with Crippen molar-refractivity contribution in [3.8, 4) is 0 Å². The molecule has 0 saturated heterocycles. The van der Waals surface area contributed by atoms with E-state index in [1.807, 2.05) is 0 Å². The standard InChI is InChI=1S/C11H16INO3S/c1-2-13(8-3-9-14)17(15,16)11-6-4-10(12)5-7-11/h4-7,14H,2-3,8-9H2,1H3. The molecule has 0 aliphatic heterocycles. The molecule has 0 atom stereocenters. The molecule has 96 valence electrons. The number of hydrogen-bond acceptors (Lipinski definition) is 3. The van der Waals surface area contributed by atoms with Gasteiger partial charge in [-0.15, -0.1) is 0 Å². The van der Waals surface area contributed by atoms with Crippen LogP contribution in [0.5, 0.6) is 0 Å². The fourth-order valence-corrected chi connectivity index (χ4v) is 3.30. The van der Waals surface area contributed by atoms with Gasteiger partial charge < -0.3 is 5.11 Å².